The zero-order valence-corrected chi connectivity index (χ0v) is 52.0. The smallest absolute Gasteiger partial charge is 0.306 e. The van der Waals surface area contributed by atoms with Crippen LogP contribution in [-0.2, 0) is 28.6 Å². The monoisotopic (exact) mass is 1080 g/mol. The molecule has 0 rings (SSSR count). The zero-order valence-electron chi connectivity index (χ0n) is 52.0. The standard InChI is InChI=1S/C71H132O6/c1-4-7-10-13-15-17-19-21-23-25-27-29-31-32-33-34-35-36-37-38-40-41-43-45-47-49-51-53-55-58-61-64-70(73)76-67-68(66-75-69(72)63-60-57-12-9-6-3)77-71(74)65-62-59-56-54-52-50-48-46-44-42-39-30-28-26-24-22-20-18-16-14-11-8-5-2/h20,22,26,28,39,42,68H,4-19,21,23-25,27,29-38,40-41,43-67H2,1-3H3/b22-20-,28-26-,42-39-. The van der Waals surface area contributed by atoms with Crippen molar-refractivity contribution in [3.05, 3.63) is 36.5 Å². The zero-order chi connectivity index (χ0) is 55.7. The normalized spacial score (nSPS) is 12.2. The number of esters is 3. The van der Waals surface area contributed by atoms with Crippen LogP contribution in [0.5, 0.6) is 0 Å². The fourth-order valence-corrected chi connectivity index (χ4v) is 10.5. The Kier molecular flexibility index (Phi) is 64.1. The molecular weight excluding hydrogens is 949 g/mol. The van der Waals surface area contributed by atoms with Crippen LogP contribution in [0, 0.1) is 0 Å². The van der Waals surface area contributed by atoms with E-state index in [1.807, 2.05) is 0 Å². The molecule has 0 saturated heterocycles. The maximum Gasteiger partial charge on any atom is 0.306 e. The number of unbranched alkanes of at least 4 members (excludes halogenated alkanes) is 47. The van der Waals surface area contributed by atoms with E-state index >= 15 is 0 Å². The van der Waals surface area contributed by atoms with Gasteiger partial charge in [0.2, 0.25) is 0 Å². The van der Waals surface area contributed by atoms with E-state index in [1.54, 1.807) is 0 Å². The first-order chi connectivity index (χ1) is 38.0. The Balaban J connectivity index is 3.93. The van der Waals surface area contributed by atoms with Gasteiger partial charge in [0.1, 0.15) is 13.2 Å². The van der Waals surface area contributed by atoms with E-state index in [4.69, 9.17) is 14.2 Å². The largest absolute Gasteiger partial charge is 0.462 e. The van der Waals surface area contributed by atoms with E-state index in [9.17, 15) is 14.4 Å². The summed E-state index contributed by atoms with van der Waals surface area (Å²) in [5.41, 5.74) is 0. The van der Waals surface area contributed by atoms with Crippen molar-refractivity contribution in [2.24, 2.45) is 0 Å². The Morgan fingerprint density at radius 1 is 0.260 bits per heavy atom. The van der Waals surface area contributed by atoms with Crippen molar-refractivity contribution in [3.8, 4) is 0 Å². The highest BCUT2D eigenvalue weighted by Crippen LogP contribution is 2.18. The first-order valence-electron chi connectivity index (χ1n) is 34.5. The molecule has 6 heteroatoms. The van der Waals surface area contributed by atoms with E-state index in [0.29, 0.717) is 19.3 Å². The molecule has 0 aliphatic rings. The van der Waals surface area contributed by atoms with Crippen molar-refractivity contribution < 1.29 is 28.6 Å². The molecule has 0 aromatic rings. The molecule has 0 aliphatic carbocycles. The van der Waals surface area contributed by atoms with Crippen molar-refractivity contribution >= 4 is 17.9 Å². The molecule has 0 N–H and O–H groups in total. The Labute approximate surface area is 480 Å². The van der Waals surface area contributed by atoms with E-state index in [0.717, 1.165) is 83.5 Å². The Morgan fingerprint density at radius 2 is 0.468 bits per heavy atom. The third kappa shape index (κ3) is 64.3. The van der Waals surface area contributed by atoms with Gasteiger partial charge in [-0.05, 0) is 57.8 Å². The summed E-state index contributed by atoms with van der Waals surface area (Å²) < 4.78 is 16.8. The van der Waals surface area contributed by atoms with Gasteiger partial charge in [0, 0.05) is 19.3 Å². The van der Waals surface area contributed by atoms with Crippen LogP contribution < -0.4 is 0 Å². The van der Waals surface area contributed by atoms with Gasteiger partial charge in [0.15, 0.2) is 6.10 Å². The topological polar surface area (TPSA) is 78.9 Å². The summed E-state index contributed by atoms with van der Waals surface area (Å²) in [5, 5.41) is 0. The molecule has 0 amide bonds. The SMILES string of the molecule is CCCCCCC/C=C\C/C=C\C/C=C\CCCCCCCCCCC(=O)OC(COC(=O)CCCCCCC)COC(=O)CCCCCCCCCCCCCCCCCCCCCCCCCCCCCCCCC. The third-order valence-corrected chi connectivity index (χ3v) is 15.6. The first kappa shape index (κ1) is 74.6. The molecule has 0 aromatic heterocycles. The van der Waals surface area contributed by atoms with E-state index in [-0.39, 0.29) is 31.1 Å². The number of rotatable bonds is 64. The second kappa shape index (κ2) is 66.1. The lowest BCUT2D eigenvalue weighted by Crippen LogP contribution is -2.30. The predicted octanol–water partition coefficient (Wildman–Crippen LogP) is 23.6. The van der Waals surface area contributed by atoms with Crippen molar-refractivity contribution in [2.45, 2.75) is 386 Å². The maximum atomic E-state index is 12.8. The highest BCUT2D eigenvalue weighted by atomic mass is 16.6. The maximum absolute atomic E-state index is 12.8. The molecule has 0 heterocycles. The van der Waals surface area contributed by atoms with E-state index in [1.165, 1.54) is 257 Å². The number of hydrogen-bond donors (Lipinski definition) is 0. The first-order valence-corrected chi connectivity index (χ1v) is 34.5. The average molecular weight is 1080 g/mol. The van der Waals surface area contributed by atoms with Crippen LogP contribution in [0.3, 0.4) is 0 Å². The van der Waals surface area contributed by atoms with Crippen molar-refractivity contribution in [2.75, 3.05) is 13.2 Å². The molecule has 1 atom stereocenters. The molecule has 1 unspecified atom stereocenters. The van der Waals surface area contributed by atoms with Crippen molar-refractivity contribution in [1.82, 2.24) is 0 Å². The Hall–Kier alpha value is -2.37. The van der Waals surface area contributed by atoms with Gasteiger partial charge in [-0.2, -0.15) is 0 Å². The minimum absolute atomic E-state index is 0.0714. The molecule has 77 heavy (non-hydrogen) atoms. The summed E-state index contributed by atoms with van der Waals surface area (Å²) in [7, 11) is 0. The fraction of sp³-hybridized carbons (Fsp3) is 0.873. The molecule has 0 aromatic carbocycles. The molecule has 0 saturated carbocycles. The second-order valence-corrected chi connectivity index (χ2v) is 23.5. The number of carbonyl (C=O) groups excluding carboxylic acids is 3. The summed E-state index contributed by atoms with van der Waals surface area (Å²) in [6.07, 6.45) is 82.3. The number of allylic oxidation sites excluding steroid dienone is 6. The van der Waals surface area contributed by atoms with Crippen LogP contribution >= 0.6 is 0 Å². The predicted molar refractivity (Wildman–Crippen MR) is 335 cm³/mol. The van der Waals surface area contributed by atoms with Crippen molar-refractivity contribution in [1.29, 1.82) is 0 Å². The van der Waals surface area contributed by atoms with Crippen LogP contribution in [-0.4, -0.2) is 37.2 Å². The van der Waals surface area contributed by atoms with Gasteiger partial charge in [-0.25, -0.2) is 0 Å². The van der Waals surface area contributed by atoms with Crippen LogP contribution in [0.1, 0.15) is 380 Å². The summed E-state index contributed by atoms with van der Waals surface area (Å²) in [6.45, 7) is 6.60. The second-order valence-electron chi connectivity index (χ2n) is 23.5. The third-order valence-electron chi connectivity index (χ3n) is 15.6. The molecule has 0 radical (unpaired) electrons. The summed E-state index contributed by atoms with van der Waals surface area (Å²) in [6, 6.07) is 0. The molecular formula is C71H132O6. The minimum atomic E-state index is -0.771. The molecule has 6 nitrogen and oxygen atoms in total. The lowest BCUT2D eigenvalue weighted by atomic mass is 10.0. The van der Waals surface area contributed by atoms with Gasteiger partial charge in [-0.1, -0.05) is 340 Å². The molecule has 0 spiro atoms. The van der Waals surface area contributed by atoms with Gasteiger partial charge in [0.05, 0.1) is 0 Å². The Morgan fingerprint density at radius 3 is 0.727 bits per heavy atom. The molecule has 0 aliphatic heterocycles. The van der Waals surface area contributed by atoms with Gasteiger partial charge in [-0.15, -0.1) is 0 Å². The summed E-state index contributed by atoms with van der Waals surface area (Å²) in [5.74, 6) is -0.871. The van der Waals surface area contributed by atoms with Crippen molar-refractivity contribution in [3.63, 3.8) is 0 Å². The Bertz CT molecular complexity index is 1290. The highest BCUT2D eigenvalue weighted by Gasteiger charge is 2.19. The van der Waals surface area contributed by atoms with E-state index in [2.05, 4.69) is 57.2 Å². The summed E-state index contributed by atoms with van der Waals surface area (Å²) >= 11 is 0. The minimum Gasteiger partial charge on any atom is -0.462 e. The summed E-state index contributed by atoms with van der Waals surface area (Å²) in [4.78, 5) is 38.0. The highest BCUT2D eigenvalue weighted by molar-refractivity contribution is 5.71. The fourth-order valence-electron chi connectivity index (χ4n) is 10.5. The van der Waals surface area contributed by atoms with Gasteiger partial charge < -0.3 is 14.2 Å². The lowest BCUT2D eigenvalue weighted by Gasteiger charge is -2.18. The van der Waals surface area contributed by atoms with E-state index < -0.39 is 6.10 Å². The molecule has 0 fully saturated rings. The lowest BCUT2D eigenvalue weighted by molar-refractivity contribution is -0.167. The van der Waals surface area contributed by atoms with Crippen LogP contribution in [0.4, 0.5) is 0 Å². The van der Waals surface area contributed by atoms with Gasteiger partial charge in [0.25, 0.3) is 0 Å². The van der Waals surface area contributed by atoms with Gasteiger partial charge >= 0.3 is 17.9 Å². The molecule has 0 bridgehead atoms. The number of carbonyl (C=O) groups is 3. The van der Waals surface area contributed by atoms with Crippen LogP contribution in [0.2, 0.25) is 0 Å². The van der Waals surface area contributed by atoms with Gasteiger partial charge in [-0.3, -0.25) is 14.4 Å². The van der Waals surface area contributed by atoms with Crippen LogP contribution in [0.25, 0.3) is 0 Å². The number of ether oxygens (including phenoxy) is 3. The number of hydrogen-bond acceptors (Lipinski definition) is 6. The quantitative estimate of drug-likeness (QED) is 0.0261. The average Bonchev–Trinajstić information content (AvgIpc) is 3.43. The van der Waals surface area contributed by atoms with Crippen LogP contribution in [0.15, 0.2) is 36.5 Å². The molecule has 452 valence electrons.